The highest BCUT2D eigenvalue weighted by molar-refractivity contribution is 5.81. The monoisotopic (exact) mass is 403 g/mol. The van der Waals surface area contributed by atoms with Gasteiger partial charge in [0, 0.05) is 0 Å². The third kappa shape index (κ3) is 5.28. The van der Waals surface area contributed by atoms with Crippen LogP contribution in [-0.2, 0) is 9.53 Å². The van der Waals surface area contributed by atoms with E-state index in [0.717, 1.165) is 0 Å². The molecule has 0 aliphatic rings. The van der Waals surface area contributed by atoms with E-state index in [-0.39, 0.29) is 5.32 Å². The molecule has 0 aliphatic carbocycles. The zero-order valence-electron chi connectivity index (χ0n) is 12.0. The Hall–Kier alpha value is -1.41. The topological polar surface area (TPSA) is 38.3 Å². The predicted octanol–water partition coefficient (Wildman–Crippen LogP) is 4.09. The van der Waals surface area contributed by atoms with Crippen molar-refractivity contribution in [1.29, 1.82) is 0 Å². The Bertz CT molecular complexity index is 444. The number of amides is 1. The van der Waals surface area contributed by atoms with E-state index in [1.807, 2.05) is 0 Å². The first-order chi connectivity index (χ1) is 10.7. The highest BCUT2D eigenvalue weighted by Crippen LogP contribution is 2.46. The van der Waals surface area contributed by atoms with E-state index in [1.54, 1.807) is 0 Å². The molecule has 0 unspecified atom stereocenters. The number of hydrogen-bond acceptors (Lipinski definition) is 2. The van der Waals surface area contributed by atoms with Gasteiger partial charge in [0.2, 0.25) is 11.8 Å². The molecule has 0 rings (SSSR count). The summed E-state index contributed by atoms with van der Waals surface area (Å²) in [6.45, 7) is 1.17. The molecule has 1 amide bonds. The van der Waals surface area contributed by atoms with Gasteiger partial charge in [0.25, 0.3) is 0 Å². The maximum absolute atomic E-state index is 12.8. The number of nitrogens with one attached hydrogen (secondary N) is 1. The fraction of sp³-hybridized carbons (Fsp3) is 0.900. The van der Waals surface area contributed by atoms with E-state index in [0.29, 0.717) is 13.8 Å². The average Bonchev–Trinajstić information content (AvgIpc) is 2.18. The third-order valence-corrected chi connectivity index (χ3v) is 2.43. The smallest absolute Gasteiger partial charge is 0.338 e. The second-order valence-corrected chi connectivity index (χ2v) is 4.85. The fourth-order valence-corrected chi connectivity index (χ4v) is 1.55. The van der Waals surface area contributed by atoms with E-state index in [1.165, 1.54) is 0 Å². The van der Waals surface area contributed by atoms with Gasteiger partial charge in [0.1, 0.15) is 0 Å². The summed E-state index contributed by atoms with van der Waals surface area (Å²) in [6.07, 6.45) is -28.2. The zero-order valence-corrected chi connectivity index (χ0v) is 12.0. The number of rotatable bonds is 4. The normalized spacial score (nSPS) is 15.0. The van der Waals surface area contributed by atoms with Crippen LogP contribution in [0.25, 0.3) is 0 Å². The first-order valence-electron chi connectivity index (χ1n) is 5.93. The molecular weight excluding hydrogens is 394 g/mol. The molecule has 0 fully saturated rings. The van der Waals surface area contributed by atoms with Gasteiger partial charge >= 0.3 is 30.4 Å². The van der Waals surface area contributed by atoms with E-state index in [4.69, 9.17) is 0 Å². The van der Waals surface area contributed by atoms with Crippen molar-refractivity contribution >= 4 is 5.91 Å². The maximum Gasteiger partial charge on any atom is 0.446 e. The lowest BCUT2D eigenvalue weighted by atomic mass is 10.1. The van der Waals surface area contributed by atoms with Crippen LogP contribution >= 0.6 is 0 Å². The van der Waals surface area contributed by atoms with Gasteiger partial charge in [-0.3, -0.25) is 4.79 Å². The highest BCUT2D eigenvalue weighted by Gasteiger charge is 2.75. The molecule has 15 heteroatoms. The molecule has 0 spiro atoms. The van der Waals surface area contributed by atoms with Crippen LogP contribution in [-0.4, -0.2) is 42.4 Å². The quantitative estimate of drug-likeness (QED) is 0.568. The summed E-state index contributed by atoms with van der Waals surface area (Å²) in [5, 5.41) is -0.296. The Balaban J connectivity index is 6.23. The lowest BCUT2D eigenvalue weighted by Gasteiger charge is -2.39. The van der Waals surface area contributed by atoms with Crippen molar-refractivity contribution in [2.45, 2.75) is 50.4 Å². The van der Waals surface area contributed by atoms with Crippen molar-refractivity contribution in [2.75, 3.05) is 0 Å². The third-order valence-electron chi connectivity index (χ3n) is 2.43. The Morgan fingerprint density at radius 1 is 0.760 bits per heavy atom. The van der Waals surface area contributed by atoms with E-state index in [2.05, 4.69) is 4.74 Å². The minimum Gasteiger partial charge on any atom is -0.338 e. The van der Waals surface area contributed by atoms with Crippen molar-refractivity contribution in [3.63, 3.8) is 0 Å². The Kier molecular flexibility index (Phi) is 6.34. The van der Waals surface area contributed by atoms with Gasteiger partial charge in [0.05, 0.1) is 6.10 Å². The number of halogens is 12. The van der Waals surface area contributed by atoms with Crippen molar-refractivity contribution in [3.8, 4) is 0 Å². The van der Waals surface area contributed by atoms with Crippen molar-refractivity contribution in [1.82, 2.24) is 5.32 Å². The predicted molar refractivity (Wildman–Crippen MR) is 54.8 cm³/mol. The van der Waals surface area contributed by atoms with E-state index < -0.39 is 48.4 Å². The summed E-state index contributed by atoms with van der Waals surface area (Å²) >= 11 is 0. The van der Waals surface area contributed by atoms with Crippen LogP contribution < -0.4 is 5.32 Å². The van der Waals surface area contributed by atoms with Crippen LogP contribution in [0.3, 0.4) is 0 Å². The van der Waals surface area contributed by atoms with E-state index >= 15 is 0 Å². The van der Waals surface area contributed by atoms with Gasteiger partial charge in [-0.15, -0.1) is 0 Å². The summed E-state index contributed by atoms with van der Waals surface area (Å²) in [4.78, 5) is 11.1. The number of carbonyl (C=O) groups excluding carboxylic acids is 1. The summed E-state index contributed by atoms with van der Waals surface area (Å²) in [5.41, 5.74) is -5.76. The van der Waals surface area contributed by atoms with Gasteiger partial charge in [-0.05, 0) is 13.8 Å². The summed E-state index contributed by atoms with van der Waals surface area (Å²) < 4.78 is 154. The van der Waals surface area contributed by atoms with E-state index in [9.17, 15) is 57.5 Å². The van der Waals surface area contributed by atoms with Gasteiger partial charge in [-0.1, -0.05) is 0 Å². The SMILES string of the molecule is CC(C)OC(NC(=O)C(C(F)(F)F)C(F)(F)F)(C(F)(F)F)C(F)(F)F. The van der Waals surface area contributed by atoms with Crippen molar-refractivity contribution < 1.29 is 62.2 Å². The van der Waals surface area contributed by atoms with Crippen molar-refractivity contribution in [3.05, 3.63) is 0 Å². The number of carbonyl (C=O) groups is 1. The molecule has 0 aromatic carbocycles. The molecule has 0 radical (unpaired) electrons. The molecule has 0 atom stereocenters. The molecule has 0 aliphatic heterocycles. The van der Waals surface area contributed by atoms with Crippen molar-refractivity contribution in [2.24, 2.45) is 5.92 Å². The molecule has 0 saturated carbocycles. The molecule has 0 heterocycles. The summed E-state index contributed by atoms with van der Waals surface area (Å²) in [6, 6.07) is 0. The highest BCUT2D eigenvalue weighted by atomic mass is 19.4. The minimum absolute atomic E-state index is 0.296. The molecule has 0 aromatic rings. The van der Waals surface area contributed by atoms with Crippen LogP contribution in [0.5, 0.6) is 0 Å². The average molecular weight is 403 g/mol. The molecule has 1 N–H and O–H groups in total. The van der Waals surface area contributed by atoms with Gasteiger partial charge in [0.15, 0.2) is 0 Å². The van der Waals surface area contributed by atoms with Gasteiger partial charge < -0.3 is 10.1 Å². The van der Waals surface area contributed by atoms with Crippen LogP contribution in [0.2, 0.25) is 0 Å². The zero-order chi connectivity index (χ0) is 20.6. The lowest BCUT2D eigenvalue weighted by molar-refractivity contribution is -0.397. The maximum atomic E-state index is 12.8. The molecule has 3 nitrogen and oxygen atoms in total. The second kappa shape index (κ2) is 6.72. The fourth-order valence-electron chi connectivity index (χ4n) is 1.55. The first-order valence-corrected chi connectivity index (χ1v) is 5.93. The molecule has 150 valence electrons. The van der Waals surface area contributed by atoms with Crippen LogP contribution in [0, 0.1) is 5.92 Å². The van der Waals surface area contributed by atoms with Crippen LogP contribution in [0.4, 0.5) is 52.7 Å². The standard InChI is InChI=1S/C10H9F12NO2/c1-3(2)25-8(9(17,18)19,10(20,21)22)23-5(24)4(6(11,12)13)7(14,15)16/h3-4H,1-2H3,(H,23,24). The van der Waals surface area contributed by atoms with Gasteiger partial charge in [-0.25, -0.2) is 0 Å². The van der Waals surface area contributed by atoms with Gasteiger partial charge in [-0.2, -0.15) is 52.7 Å². The molecule has 0 saturated heterocycles. The second-order valence-electron chi connectivity index (χ2n) is 4.85. The summed E-state index contributed by atoms with van der Waals surface area (Å²) in [5.74, 6) is -8.74. The number of alkyl halides is 12. The largest absolute Gasteiger partial charge is 0.446 e. The number of hydrogen-bond donors (Lipinski definition) is 1. The molecule has 25 heavy (non-hydrogen) atoms. The minimum atomic E-state index is -6.62. The summed E-state index contributed by atoms with van der Waals surface area (Å²) in [7, 11) is 0. The lowest BCUT2D eigenvalue weighted by Crippen LogP contribution is -2.71. The van der Waals surface area contributed by atoms with Crippen LogP contribution in [0.1, 0.15) is 13.8 Å². The first kappa shape index (κ1) is 23.6. The Morgan fingerprint density at radius 2 is 1.08 bits per heavy atom. The Labute approximate surface area is 131 Å². The Morgan fingerprint density at radius 3 is 1.28 bits per heavy atom. The molecule has 0 aromatic heterocycles. The van der Waals surface area contributed by atoms with Crippen LogP contribution in [0.15, 0.2) is 0 Å². The molecule has 0 bridgehead atoms. The molecular formula is C10H9F12NO2. The number of ether oxygens (including phenoxy) is 1.